The summed E-state index contributed by atoms with van der Waals surface area (Å²) in [7, 11) is -4.36. The molecule has 3 N–H and O–H groups in total. The number of sulfonamides is 1. The second-order valence-corrected chi connectivity index (χ2v) is 10.5. The lowest BCUT2D eigenvalue weighted by Gasteiger charge is -2.16. The maximum Gasteiger partial charge on any atom is 0.337 e. The fraction of sp³-hybridized carbons (Fsp3) is 0.120. The van der Waals surface area contributed by atoms with E-state index >= 15 is 8.78 Å². The molecule has 0 aliphatic heterocycles. The third kappa shape index (κ3) is 3.70. The number of nitrogen functional groups attached to an aromatic ring is 1. The number of hydrogen-bond donors (Lipinski definition) is 2. The average Bonchev–Trinajstić information content (AvgIpc) is 3.72. The van der Waals surface area contributed by atoms with Crippen LogP contribution in [0.25, 0.3) is 27.5 Å². The first kappa shape index (κ1) is 23.7. The summed E-state index contributed by atoms with van der Waals surface area (Å²) in [6.07, 6.45) is 2.26. The Bertz CT molecular complexity index is 2010. The number of nitrogens with zero attached hydrogens (tertiary/aromatic N) is 4. The van der Waals surface area contributed by atoms with Crippen molar-refractivity contribution in [3.63, 3.8) is 0 Å². The van der Waals surface area contributed by atoms with E-state index in [0.717, 1.165) is 22.9 Å². The van der Waals surface area contributed by atoms with Crippen LogP contribution in [0.4, 0.5) is 20.4 Å². The number of anilines is 2. The van der Waals surface area contributed by atoms with Gasteiger partial charge in [0.2, 0.25) is 5.95 Å². The van der Waals surface area contributed by atoms with Gasteiger partial charge in [-0.25, -0.2) is 31.5 Å². The predicted molar refractivity (Wildman–Crippen MR) is 137 cm³/mol. The van der Waals surface area contributed by atoms with Gasteiger partial charge in [0.25, 0.3) is 15.6 Å². The second kappa shape index (κ2) is 8.45. The summed E-state index contributed by atoms with van der Waals surface area (Å²) < 4.78 is 61.0. The van der Waals surface area contributed by atoms with E-state index in [0.29, 0.717) is 28.2 Å². The van der Waals surface area contributed by atoms with Crippen molar-refractivity contribution >= 4 is 43.5 Å². The number of fused-ring (bicyclic) bond motifs is 2. The molecule has 38 heavy (non-hydrogen) atoms. The zero-order chi connectivity index (χ0) is 26.8. The molecule has 13 heteroatoms. The molecule has 0 unspecified atom stereocenters. The molecule has 1 fully saturated rings. The first-order valence-corrected chi connectivity index (χ1v) is 12.9. The van der Waals surface area contributed by atoms with E-state index in [9.17, 15) is 18.0 Å². The molecule has 0 bridgehead atoms. The summed E-state index contributed by atoms with van der Waals surface area (Å²) in [5.74, 6) is -2.86. The number of benzene rings is 3. The molecule has 0 spiro atoms. The zero-order valence-electron chi connectivity index (χ0n) is 19.4. The van der Waals surface area contributed by atoms with E-state index in [-0.39, 0.29) is 27.9 Å². The van der Waals surface area contributed by atoms with Crippen molar-refractivity contribution in [1.82, 2.24) is 19.1 Å². The Labute approximate surface area is 213 Å². The molecule has 10 nitrogen and oxygen atoms in total. The fourth-order valence-electron chi connectivity index (χ4n) is 4.44. The van der Waals surface area contributed by atoms with Crippen molar-refractivity contribution in [2.24, 2.45) is 0 Å². The largest absolute Gasteiger partial charge is 0.368 e. The van der Waals surface area contributed by atoms with Crippen molar-refractivity contribution in [2.75, 3.05) is 10.5 Å². The van der Waals surface area contributed by atoms with E-state index in [4.69, 9.17) is 5.73 Å². The van der Waals surface area contributed by atoms with Gasteiger partial charge < -0.3 is 5.73 Å². The van der Waals surface area contributed by atoms with Crippen LogP contribution in [-0.4, -0.2) is 27.5 Å². The number of hydrogen-bond acceptors (Lipinski definition) is 7. The van der Waals surface area contributed by atoms with Crippen LogP contribution in [0.3, 0.4) is 0 Å². The minimum absolute atomic E-state index is 0.0418. The smallest absolute Gasteiger partial charge is 0.337 e. The van der Waals surface area contributed by atoms with Gasteiger partial charge in [0.15, 0.2) is 17.3 Å². The topological polar surface area (TPSA) is 142 Å². The molecule has 2 aromatic heterocycles. The number of nitrogens with two attached hydrogens (primary N) is 1. The van der Waals surface area contributed by atoms with Crippen molar-refractivity contribution in [3.05, 3.63) is 93.3 Å². The lowest BCUT2D eigenvalue weighted by molar-refractivity contribution is 0.556. The van der Waals surface area contributed by atoms with Crippen LogP contribution in [0.5, 0.6) is 0 Å². The summed E-state index contributed by atoms with van der Waals surface area (Å²) in [5.41, 5.74) is 1.82. The van der Waals surface area contributed by atoms with Gasteiger partial charge in [-0.1, -0.05) is 36.4 Å². The highest BCUT2D eigenvalue weighted by Gasteiger charge is 2.31. The highest BCUT2D eigenvalue weighted by atomic mass is 32.2. The molecule has 5 aromatic rings. The highest BCUT2D eigenvalue weighted by molar-refractivity contribution is 7.93. The maximum absolute atomic E-state index is 15.8. The first-order valence-electron chi connectivity index (χ1n) is 11.5. The van der Waals surface area contributed by atoms with E-state index in [2.05, 4.69) is 14.7 Å². The predicted octanol–water partition coefficient (Wildman–Crippen LogP) is 3.09. The Hall–Kier alpha value is -4.65. The molecule has 0 atom stereocenters. The Morgan fingerprint density at radius 2 is 1.71 bits per heavy atom. The average molecular weight is 537 g/mol. The molecule has 0 amide bonds. The molecule has 3 aromatic carbocycles. The highest BCUT2D eigenvalue weighted by Crippen LogP contribution is 2.35. The van der Waals surface area contributed by atoms with Gasteiger partial charge in [0.1, 0.15) is 11.1 Å². The number of rotatable bonds is 5. The standard InChI is InChI=1S/C25H18F2N6O4S/c26-17-10-11-18(31-38(36,37)19-7-3-5-13-4-1-2-6-15(13)19)20(27)21(17)33-23(34)16-12-29-24(28)30-22(16)32(25(33)35)14-8-9-14/h1-7,10-12,14,31H,8-9H2,(H2,28,29,30). The van der Waals surface area contributed by atoms with E-state index in [1.54, 1.807) is 30.3 Å². The van der Waals surface area contributed by atoms with E-state index < -0.39 is 44.3 Å². The van der Waals surface area contributed by atoms with Crippen LogP contribution in [-0.2, 0) is 10.0 Å². The molecule has 192 valence electrons. The fourth-order valence-corrected chi connectivity index (χ4v) is 5.73. The number of aromatic nitrogens is 4. The second-order valence-electron chi connectivity index (χ2n) is 8.83. The Kier molecular flexibility index (Phi) is 5.28. The summed E-state index contributed by atoms with van der Waals surface area (Å²) >= 11 is 0. The lowest BCUT2D eigenvalue weighted by atomic mass is 10.1. The Balaban J connectivity index is 1.55. The Morgan fingerprint density at radius 3 is 2.47 bits per heavy atom. The molecule has 0 radical (unpaired) electrons. The molecule has 1 aliphatic carbocycles. The van der Waals surface area contributed by atoms with Crippen LogP contribution in [0.15, 0.2) is 75.3 Å². The molecule has 1 saturated carbocycles. The Morgan fingerprint density at radius 1 is 0.974 bits per heavy atom. The van der Waals surface area contributed by atoms with Crippen molar-refractivity contribution in [3.8, 4) is 5.69 Å². The van der Waals surface area contributed by atoms with Crippen LogP contribution in [0.1, 0.15) is 18.9 Å². The third-order valence-corrected chi connectivity index (χ3v) is 7.76. The van der Waals surface area contributed by atoms with Gasteiger partial charge in [0, 0.05) is 17.6 Å². The summed E-state index contributed by atoms with van der Waals surface area (Å²) in [6, 6.07) is 12.6. The lowest BCUT2D eigenvalue weighted by Crippen LogP contribution is -2.40. The quantitative estimate of drug-likeness (QED) is 0.352. The zero-order valence-corrected chi connectivity index (χ0v) is 20.2. The minimum Gasteiger partial charge on any atom is -0.368 e. The first-order chi connectivity index (χ1) is 18.2. The van der Waals surface area contributed by atoms with Crippen LogP contribution in [0.2, 0.25) is 0 Å². The molecular formula is C25H18F2N6O4S. The monoisotopic (exact) mass is 536 g/mol. The van der Waals surface area contributed by atoms with Crippen molar-refractivity contribution < 1.29 is 17.2 Å². The maximum atomic E-state index is 15.8. The molecule has 2 heterocycles. The SMILES string of the molecule is Nc1ncc2c(=O)n(-c3c(F)ccc(NS(=O)(=O)c4cccc5ccccc45)c3F)c(=O)n(C3CC3)c2n1. The minimum atomic E-state index is -4.36. The van der Waals surface area contributed by atoms with Crippen molar-refractivity contribution in [2.45, 2.75) is 23.8 Å². The van der Waals surface area contributed by atoms with E-state index in [1.165, 1.54) is 12.1 Å². The van der Waals surface area contributed by atoms with Crippen LogP contribution in [0, 0.1) is 11.6 Å². The molecule has 1 aliphatic rings. The van der Waals surface area contributed by atoms with Gasteiger partial charge in [-0.2, -0.15) is 4.98 Å². The van der Waals surface area contributed by atoms with Crippen molar-refractivity contribution in [1.29, 1.82) is 0 Å². The normalized spacial score (nSPS) is 13.7. The summed E-state index contributed by atoms with van der Waals surface area (Å²) in [4.78, 5) is 34.4. The summed E-state index contributed by atoms with van der Waals surface area (Å²) in [6.45, 7) is 0. The van der Waals surface area contributed by atoms with Gasteiger partial charge in [-0.3, -0.25) is 14.1 Å². The molecule has 0 saturated heterocycles. The molecule has 6 rings (SSSR count). The van der Waals surface area contributed by atoms with Crippen LogP contribution >= 0.6 is 0 Å². The van der Waals surface area contributed by atoms with Gasteiger partial charge in [-0.15, -0.1) is 0 Å². The summed E-state index contributed by atoms with van der Waals surface area (Å²) in [5, 5.41) is 0.857. The third-order valence-electron chi connectivity index (χ3n) is 6.33. The van der Waals surface area contributed by atoms with Crippen LogP contribution < -0.4 is 21.7 Å². The van der Waals surface area contributed by atoms with Gasteiger partial charge in [0.05, 0.1) is 10.6 Å². The van der Waals surface area contributed by atoms with Gasteiger partial charge in [-0.05, 0) is 36.4 Å². The van der Waals surface area contributed by atoms with Gasteiger partial charge >= 0.3 is 5.69 Å². The molecular weight excluding hydrogens is 518 g/mol. The number of nitrogens with one attached hydrogen (secondary N) is 1. The van der Waals surface area contributed by atoms with E-state index in [1.807, 2.05) is 0 Å². The number of halogens is 2.